The molecule has 0 saturated carbocycles. The van der Waals surface area contributed by atoms with E-state index in [9.17, 15) is 9.59 Å². The van der Waals surface area contributed by atoms with Crippen molar-refractivity contribution >= 4 is 34.0 Å². The van der Waals surface area contributed by atoms with Crippen LogP contribution in [-0.4, -0.2) is 31.2 Å². The van der Waals surface area contributed by atoms with Gasteiger partial charge in [-0.25, -0.2) is 5.43 Å². The Morgan fingerprint density at radius 2 is 1.96 bits per heavy atom. The van der Waals surface area contributed by atoms with Crippen LogP contribution in [0.15, 0.2) is 44.5 Å². The number of nitrogens with zero attached hydrogens (tertiary/aromatic N) is 1. The van der Waals surface area contributed by atoms with Crippen LogP contribution in [0, 0.1) is 0 Å². The molecule has 0 fully saturated rings. The van der Waals surface area contributed by atoms with Gasteiger partial charge in [0.15, 0.2) is 11.3 Å². The molecule has 0 atom stereocenters. The number of halogens is 1. The van der Waals surface area contributed by atoms with E-state index in [4.69, 9.17) is 9.15 Å². The van der Waals surface area contributed by atoms with Gasteiger partial charge in [0, 0.05) is 0 Å². The summed E-state index contributed by atoms with van der Waals surface area (Å²) in [5, 5.41) is 6.23. The quantitative estimate of drug-likeness (QED) is 0.518. The molecule has 0 aliphatic heterocycles. The molecule has 1 aromatic heterocycles. The molecule has 2 N–H and O–H groups in total. The molecule has 1 heterocycles. The third-order valence-electron chi connectivity index (χ3n) is 4.11. The van der Waals surface area contributed by atoms with Crippen molar-refractivity contribution < 1.29 is 18.7 Å². The number of rotatable bonds is 7. The fraction of sp³-hybridized carbons (Fsp3) is 0.316. The van der Waals surface area contributed by atoms with Gasteiger partial charge in [-0.1, -0.05) is 6.07 Å². The smallest absolute Gasteiger partial charge is 0.259 e. The summed E-state index contributed by atoms with van der Waals surface area (Å²) < 4.78 is 11.3. The molecule has 1 aliphatic rings. The molecule has 3 rings (SSSR count). The highest BCUT2D eigenvalue weighted by Crippen LogP contribution is 2.25. The van der Waals surface area contributed by atoms with Crippen LogP contribution in [0.5, 0.6) is 5.75 Å². The average molecular weight is 434 g/mol. The van der Waals surface area contributed by atoms with Crippen molar-refractivity contribution in [3.8, 4) is 5.75 Å². The largest absolute Gasteiger partial charge is 0.484 e. The van der Waals surface area contributed by atoms with Crippen LogP contribution < -0.4 is 15.5 Å². The third-order valence-corrected chi connectivity index (χ3v) is 4.54. The van der Waals surface area contributed by atoms with Crippen molar-refractivity contribution in [3.05, 3.63) is 51.9 Å². The number of carbonyl (C=O) groups excluding carboxylic acids is 2. The normalized spacial score (nSPS) is 13.2. The van der Waals surface area contributed by atoms with Crippen molar-refractivity contribution in [3.63, 3.8) is 0 Å². The molecule has 0 spiro atoms. The Bertz CT molecular complexity index is 847. The molecular formula is C19H20BrN3O4. The Hall–Kier alpha value is -2.61. The van der Waals surface area contributed by atoms with Gasteiger partial charge in [0.2, 0.25) is 0 Å². The van der Waals surface area contributed by atoms with Crippen LogP contribution in [-0.2, 0) is 22.4 Å². The number of benzene rings is 1. The number of nitrogens with one attached hydrogen (secondary N) is 2. The maximum absolute atomic E-state index is 11.8. The number of hydrogen-bond donors (Lipinski definition) is 2. The second-order valence-electron chi connectivity index (χ2n) is 6.14. The van der Waals surface area contributed by atoms with E-state index in [1.165, 1.54) is 30.2 Å². The standard InChI is InChI=1S/C19H20BrN3O4/c20-17-8-7-16(27-17)10-22-23-18(24)11-21-19(25)12-26-15-6-5-13-3-1-2-4-14(13)9-15/h5-10H,1-4,11-12H2,(H,21,25)(H,23,24)/b22-10+. The second-order valence-corrected chi connectivity index (χ2v) is 6.92. The van der Waals surface area contributed by atoms with Gasteiger partial charge in [0.1, 0.15) is 11.5 Å². The van der Waals surface area contributed by atoms with Gasteiger partial charge in [-0.15, -0.1) is 0 Å². The van der Waals surface area contributed by atoms with E-state index >= 15 is 0 Å². The highest BCUT2D eigenvalue weighted by molar-refractivity contribution is 9.10. The molecule has 0 radical (unpaired) electrons. The van der Waals surface area contributed by atoms with E-state index in [0.717, 1.165) is 12.8 Å². The van der Waals surface area contributed by atoms with E-state index in [-0.39, 0.29) is 19.1 Å². The van der Waals surface area contributed by atoms with Crippen LogP contribution in [0.4, 0.5) is 0 Å². The lowest BCUT2D eigenvalue weighted by molar-refractivity contribution is -0.127. The molecule has 1 aromatic carbocycles. The number of carbonyl (C=O) groups is 2. The molecule has 2 aromatic rings. The molecular weight excluding hydrogens is 414 g/mol. The Labute approximate surface area is 165 Å². The minimum absolute atomic E-state index is 0.143. The Balaban J connectivity index is 1.36. The van der Waals surface area contributed by atoms with Crippen molar-refractivity contribution in [1.29, 1.82) is 0 Å². The first-order chi connectivity index (χ1) is 13.1. The van der Waals surface area contributed by atoms with Crippen molar-refractivity contribution in [2.45, 2.75) is 25.7 Å². The van der Waals surface area contributed by atoms with Gasteiger partial charge in [-0.2, -0.15) is 5.10 Å². The molecule has 0 bridgehead atoms. The SMILES string of the molecule is O=C(COc1ccc2c(c1)CCCC2)NCC(=O)N/N=C/c1ccc(Br)o1. The summed E-state index contributed by atoms with van der Waals surface area (Å²) in [4.78, 5) is 23.5. The van der Waals surface area contributed by atoms with Crippen LogP contribution in [0.1, 0.15) is 29.7 Å². The lowest BCUT2D eigenvalue weighted by atomic mass is 9.92. The maximum Gasteiger partial charge on any atom is 0.259 e. The van der Waals surface area contributed by atoms with E-state index in [2.05, 4.69) is 37.8 Å². The zero-order valence-corrected chi connectivity index (χ0v) is 16.3. The first-order valence-corrected chi connectivity index (χ1v) is 9.48. The van der Waals surface area contributed by atoms with Crippen molar-refractivity contribution in [1.82, 2.24) is 10.7 Å². The Morgan fingerprint density at radius 1 is 1.15 bits per heavy atom. The highest BCUT2D eigenvalue weighted by Gasteiger charge is 2.11. The van der Waals surface area contributed by atoms with Crippen molar-refractivity contribution in [2.24, 2.45) is 5.10 Å². The summed E-state index contributed by atoms with van der Waals surface area (Å²) in [5.41, 5.74) is 4.95. The van der Waals surface area contributed by atoms with Crippen LogP contribution in [0.3, 0.4) is 0 Å². The Morgan fingerprint density at radius 3 is 2.74 bits per heavy atom. The first kappa shape index (κ1) is 19.2. The Kier molecular flexibility index (Phi) is 6.64. The first-order valence-electron chi connectivity index (χ1n) is 8.69. The number of amides is 2. The topological polar surface area (TPSA) is 92.9 Å². The van der Waals surface area contributed by atoms with Gasteiger partial charge in [-0.05, 0) is 77.0 Å². The molecule has 27 heavy (non-hydrogen) atoms. The van der Waals surface area contributed by atoms with Gasteiger partial charge < -0.3 is 14.5 Å². The van der Waals surface area contributed by atoms with E-state index in [0.29, 0.717) is 16.2 Å². The zero-order valence-electron chi connectivity index (χ0n) is 14.7. The number of ether oxygens (including phenoxy) is 1. The summed E-state index contributed by atoms with van der Waals surface area (Å²) in [6.45, 7) is -0.332. The monoisotopic (exact) mass is 433 g/mol. The van der Waals surface area contributed by atoms with Gasteiger partial charge in [-0.3, -0.25) is 9.59 Å². The molecule has 0 unspecified atom stereocenters. The summed E-state index contributed by atoms with van der Waals surface area (Å²) >= 11 is 3.17. The van der Waals surface area contributed by atoms with E-state index in [1.807, 2.05) is 12.1 Å². The van der Waals surface area contributed by atoms with Crippen LogP contribution in [0.25, 0.3) is 0 Å². The maximum atomic E-state index is 11.8. The lowest BCUT2D eigenvalue weighted by Gasteiger charge is -2.16. The summed E-state index contributed by atoms with van der Waals surface area (Å²) in [5.74, 6) is 0.343. The minimum Gasteiger partial charge on any atom is -0.484 e. The average Bonchev–Trinajstić information content (AvgIpc) is 3.09. The predicted molar refractivity (Wildman–Crippen MR) is 104 cm³/mol. The number of fused-ring (bicyclic) bond motifs is 1. The molecule has 142 valence electrons. The van der Waals surface area contributed by atoms with Crippen molar-refractivity contribution in [2.75, 3.05) is 13.2 Å². The lowest BCUT2D eigenvalue weighted by Crippen LogP contribution is -2.37. The molecule has 0 saturated heterocycles. The number of furan rings is 1. The van der Waals surface area contributed by atoms with Crippen LogP contribution in [0.2, 0.25) is 0 Å². The van der Waals surface area contributed by atoms with E-state index < -0.39 is 5.91 Å². The fourth-order valence-electron chi connectivity index (χ4n) is 2.78. The minimum atomic E-state index is -0.445. The van der Waals surface area contributed by atoms with Gasteiger partial charge in [0.05, 0.1) is 12.8 Å². The predicted octanol–water partition coefficient (Wildman–Crippen LogP) is 2.57. The van der Waals surface area contributed by atoms with Gasteiger partial charge >= 0.3 is 0 Å². The molecule has 1 aliphatic carbocycles. The highest BCUT2D eigenvalue weighted by atomic mass is 79.9. The summed E-state index contributed by atoms with van der Waals surface area (Å²) in [6, 6.07) is 9.35. The number of hydrazone groups is 1. The van der Waals surface area contributed by atoms with E-state index in [1.54, 1.807) is 12.1 Å². The fourth-order valence-corrected chi connectivity index (χ4v) is 3.10. The molecule has 8 heteroatoms. The zero-order chi connectivity index (χ0) is 19.1. The third kappa shape index (κ3) is 5.96. The summed E-state index contributed by atoms with van der Waals surface area (Å²) in [7, 11) is 0. The van der Waals surface area contributed by atoms with Crippen LogP contribution >= 0.6 is 15.9 Å². The number of aryl methyl sites for hydroxylation is 2. The second kappa shape index (κ2) is 9.36. The molecule has 7 nitrogen and oxygen atoms in total. The summed E-state index contributed by atoms with van der Waals surface area (Å²) in [6.07, 6.45) is 5.93. The number of hydrogen-bond acceptors (Lipinski definition) is 5. The molecule has 2 amide bonds. The van der Waals surface area contributed by atoms with Gasteiger partial charge in [0.25, 0.3) is 11.8 Å².